The molecule has 7 nitrogen and oxygen atoms in total. The average Bonchev–Trinajstić information content (AvgIpc) is 2.72. The van der Waals surface area contributed by atoms with Gasteiger partial charge in [0.2, 0.25) is 0 Å². The van der Waals surface area contributed by atoms with Crippen molar-refractivity contribution < 1.29 is 32.2 Å². The molecule has 10 heteroatoms. The van der Waals surface area contributed by atoms with Crippen LogP contribution in [0.3, 0.4) is 0 Å². The molecule has 0 atom stereocenters. The predicted octanol–water partition coefficient (Wildman–Crippen LogP) is 2.73. The van der Waals surface area contributed by atoms with E-state index in [4.69, 9.17) is 9.47 Å². The number of pyridine rings is 1. The highest BCUT2D eigenvalue weighted by Gasteiger charge is 2.33. The lowest BCUT2D eigenvalue weighted by molar-refractivity contribution is -0.137. The molecule has 0 saturated carbocycles. The van der Waals surface area contributed by atoms with Gasteiger partial charge in [0.1, 0.15) is 11.4 Å². The number of nitrogens with one attached hydrogen (secondary N) is 1. The molecule has 0 spiro atoms. The summed E-state index contributed by atoms with van der Waals surface area (Å²) in [5.74, 6) is -1.27. The number of hydrogen-bond acceptors (Lipinski definition) is 6. The number of carbonyl (C=O) groups is 2. The number of hydrogen-bond donors (Lipinski definition) is 1. The highest BCUT2D eigenvalue weighted by Crippen LogP contribution is 2.34. The molecule has 1 saturated heterocycles. The van der Waals surface area contributed by atoms with Gasteiger partial charge in [-0.1, -0.05) is 12.1 Å². The molecule has 2 heterocycles. The molecule has 0 radical (unpaired) electrons. The third-order valence-corrected chi connectivity index (χ3v) is 4.16. The molecule has 154 valence electrons. The van der Waals surface area contributed by atoms with E-state index in [2.05, 4.69) is 10.3 Å². The van der Waals surface area contributed by atoms with Gasteiger partial charge in [0, 0.05) is 19.3 Å². The quantitative estimate of drug-likeness (QED) is 0.765. The summed E-state index contributed by atoms with van der Waals surface area (Å²) in [7, 11) is 0. The van der Waals surface area contributed by atoms with Crippen molar-refractivity contribution in [2.24, 2.45) is 0 Å². The lowest BCUT2D eigenvalue weighted by Gasteiger charge is -2.28. The van der Waals surface area contributed by atoms with Crippen LogP contribution in [0.25, 0.3) is 0 Å². The van der Waals surface area contributed by atoms with E-state index in [-0.39, 0.29) is 5.56 Å². The highest BCUT2D eigenvalue weighted by molar-refractivity contribution is 5.98. The van der Waals surface area contributed by atoms with Crippen LogP contribution in [0.15, 0.2) is 42.6 Å². The summed E-state index contributed by atoms with van der Waals surface area (Å²) < 4.78 is 49.3. The van der Waals surface area contributed by atoms with Gasteiger partial charge in [-0.25, -0.2) is 9.78 Å². The lowest BCUT2D eigenvalue weighted by Crippen LogP contribution is -2.37. The Bertz CT molecular complexity index is 883. The van der Waals surface area contributed by atoms with Crippen LogP contribution in [0.2, 0.25) is 0 Å². The van der Waals surface area contributed by atoms with Crippen molar-refractivity contribution in [3.8, 4) is 0 Å². The monoisotopic (exact) mass is 409 g/mol. The number of para-hydroxylation sites is 1. The number of halogens is 3. The molecule has 0 bridgehead atoms. The molecule has 1 aromatic heterocycles. The Balaban J connectivity index is 1.64. The molecular weight excluding hydrogens is 391 g/mol. The largest absolute Gasteiger partial charge is 0.452 e. The van der Waals surface area contributed by atoms with Crippen molar-refractivity contribution in [1.29, 1.82) is 0 Å². The maximum Gasteiger partial charge on any atom is 0.418 e. The number of ether oxygens (including phenoxy) is 2. The summed E-state index contributed by atoms with van der Waals surface area (Å²) >= 11 is 0. The van der Waals surface area contributed by atoms with Gasteiger partial charge >= 0.3 is 12.1 Å². The molecule has 0 aliphatic carbocycles. The third-order valence-electron chi connectivity index (χ3n) is 4.16. The van der Waals surface area contributed by atoms with Crippen LogP contribution in [0.1, 0.15) is 15.9 Å². The van der Waals surface area contributed by atoms with E-state index in [1.807, 2.05) is 4.90 Å². The maximum atomic E-state index is 13.0. The second-order valence-electron chi connectivity index (χ2n) is 6.14. The highest BCUT2D eigenvalue weighted by atomic mass is 19.4. The second kappa shape index (κ2) is 8.91. The van der Waals surface area contributed by atoms with E-state index in [0.29, 0.717) is 32.1 Å². The molecular formula is C19H18F3N3O4. The number of amides is 1. The summed E-state index contributed by atoms with van der Waals surface area (Å²) in [6.45, 7) is 1.35. The standard InChI is InChI=1S/C19H18F3N3O4/c20-19(21,22)14-5-1-2-6-15(14)24-16(26)12-29-18(27)13-4-3-7-23-17(13)25-8-10-28-11-9-25/h1-7H,8-12H2,(H,24,26). The van der Waals surface area contributed by atoms with Crippen molar-refractivity contribution in [3.63, 3.8) is 0 Å². The van der Waals surface area contributed by atoms with Crippen LogP contribution in [-0.2, 0) is 20.4 Å². The molecule has 0 unspecified atom stereocenters. The zero-order valence-electron chi connectivity index (χ0n) is 15.2. The Kier molecular flexibility index (Phi) is 6.32. The molecule has 29 heavy (non-hydrogen) atoms. The molecule has 1 aliphatic heterocycles. The molecule has 1 N–H and O–H groups in total. The number of rotatable bonds is 5. The molecule has 1 aliphatic rings. The lowest BCUT2D eigenvalue weighted by atomic mass is 10.1. The molecule has 2 aromatic rings. The van der Waals surface area contributed by atoms with Crippen LogP contribution >= 0.6 is 0 Å². The summed E-state index contributed by atoms with van der Waals surface area (Å²) in [5.41, 5.74) is -1.23. The Morgan fingerprint density at radius 3 is 2.59 bits per heavy atom. The van der Waals surface area contributed by atoms with Crippen LogP contribution in [0, 0.1) is 0 Å². The van der Waals surface area contributed by atoms with Crippen LogP contribution in [-0.4, -0.2) is 49.8 Å². The van der Waals surface area contributed by atoms with Crippen LogP contribution < -0.4 is 10.2 Å². The predicted molar refractivity (Wildman–Crippen MR) is 97.6 cm³/mol. The first-order chi connectivity index (χ1) is 13.9. The first-order valence-electron chi connectivity index (χ1n) is 8.77. The number of carbonyl (C=O) groups excluding carboxylic acids is 2. The third kappa shape index (κ3) is 5.23. The van der Waals surface area contributed by atoms with E-state index >= 15 is 0 Å². The fourth-order valence-electron chi connectivity index (χ4n) is 2.82. The molecule has 1 amide bonds. The summed E-state index contributed by atoms with van der Waals surface area (Å²) in [6, 6.07) is 7.62. The molecule has 1 aromatic carbocycles. The Hall–Kier alpha value is -3.14. The number of benzene rings is 1. The van der Waals surface area contributed by atoms with E-state index in [0.717, 1.165) is 12.1 Å². The van der Waals surface area contributed by atoms with Crippen molar-refractivity contribution in [2.75, 3.05) is 43.1 Å². The van der Waals surface area contributed by atoms with Gasteiger partial charge in [0.15, 0.2) is 6.61 Å². The number of aromatic nitrogens is 1. The van der Waals surface area contributed by atoms with Crippen LogP contribution in [0.4, 0.5) is 24.7 Å². The van der Waals surface area contributed by atoms with Gasteiger partial charge in [0.25, 0.3) is 5.91 Å². The second-order valence-corrected chi connectivity index (χ2v) is 6.14. The SMILES string of the molecule is O=C(COC(=O)c1cccnc1N1CCOCC1)Nc1ccccc1C(F)(F)F. The minimum atomic E-state index is -4.62. The van der Waals surface area contributed by atoms with Crippen LogP contribution in [0.5, 0.6) is 0 Å². The first-order valence-corrected chi connectivity index (χ1v) is 8.77. The number of alkyl halides is 3. The van der Waals surface area contributed by atoms with Gasteiger partial charge in [-0.2, -0.15) is 13.2 Å². The topological polar surface area (TPSA) is 80.8 Å². The zero-order valence-corrected chi connectivity index (χ0v) is 15.2. The Labute approximate surface area is 164 Å². The number of esters is 1. The van der Waals surface area contributed by atoms with E-state index in [1.165, 1.54) is 24.4 Å². The molecule has 1 fully saturated rings. The Morgan fingerprint density at radius 1 is 1.14 bits per heavy atom. The summed E-state index contributed by atoms with van der Waals surface area (Å²) in [4.78, 5) is 30.5. The van der Waals surface area contributed by atoms with Gasteiger partial charge in [0.05, 0.1) is 24.5 Å². The fraction of sp³-hybridized carbons (Fsp3) is 0.316. The maximum absolute atomic E-state index is 13.0. The van der Waals surface area contributed by atoms with Gasteiger partial charge in [-0.05, 0) is 24.3 Å². The zero-order chi connectivity index (χ0) is 20.9. The van der Waals surface area contributed by atoms with E-state index in [9.17, 15) is 22.8 Å². The summed E-state index contributed by atoms with van der Waals surface area (Å²) in [5, 5.41) is 2.12. The minimum absolute atomic E-state index is 0.165. The number of morpholine rings is 1. The smallest absolute Gasteiger partial charge is 0.418 e. The van der Waals surface area contributed by atoms with Gasteiger partial charge in [-0.3, -0.25) is 4.79 Å². The number of nitrogens with zero attached hydrogens (tertiary/aromatic N) is 2. The van der Waals surface area contributed by atoms with Crippen molar-refractivity contribution in [2.45, 2.75) is 6.18 Å². The summed E-state index contributed by atoms with van der Waals surface area (Å²) in [6.07, 6.45) is -3.09. The Morgan fingerprint density at radius 2 is 1.86 bits per heavy atom. The van der Waals surface area contributed by atoms with Gasteiger partial charge in [-0.15, -0.1) is 0 Å². The van der Waals surface area contributed by atoms with E-state index < -0.39 is 35.9 Å². The first kappa shape index (κ1) is 20.6. The molecule has 3 rings (SSSR count). The van der Waals surface area contributed by atoms with Crippen molar-refractivity contribution >= 4 is 23.4 Å². The van der Waals surface area contributed by atoms with E-state index in [1.54, 1.807) is 6.07 Å². The number of anilines is 2. The normalized spacial score (nSPS) is 14.4. The van der Waals surface area contributed by atoms with Gasteiger partial charge < -0.3 is 19.7 Å². The van der Waals surface area contributed by atoms with Crippen molar-refractivity contribution in [1.82, 2.24) is 4.98 Å². The average molecular weight is 409 g/mol. The minimum Gasteiger partial charge on any atom is -0.452 e. The van der Waals surface area contributed by atoms with Crippen molar-refractivity contribution in [3.05, 3.63) is 53.7 Å². The fourth-order valence-corrected chi connectivity index (χ4v) is 2.82.